The molecule has 2 rings (SSSR count). The van der Waals surface area contributed by atoms with Crippen molar-refractivity contribution in [3.05, 3.63) is 29.8 Å². The van der Waals surface area contributed by atoms with Crippen molar-refractivity contribution in [1.82, 2.24) is 5.32 Å². The molecule has 0 spiro atoms. The van der Waals surface area contributed by atoms with Gasteiger partial charge >= 0.3 is 0 Å². The van der Waals surface area contributed by atoms with E-state index in [4.69, 9.17) is 4.74 Å². The Kier molecular flexibility index (Phi) is 5.06. The molecule has 2 N–H and O–H groups in total. The third-order valence-electron chi connectivity index (χ3n) is 3.88. The number of hydrogen-bond acceptors (Lipinski definition) is 3. The molecular formula is C17H27NO2. The lowest BCUT2D eigenvalue weighted by atomic mass is 9.86. The van der Waals surface area contributed by atoms with Gasteiger partial charge < -0.3 is 15.2 Å². The summed E-state index contributed by atoms with van der Waals surface area (Å²) >= 11 is 0. The van der Waals surface area contributed by atoms with Crippen LogP contribution in [0.25, 0.3) is 0 Å². The van der Waals surface area contributed by atoms with Gasteiger partial charge in [-0.15, -0.1) is 0 Å². The number of ether oxygens (including phenoxy) is 1. The molecule has 3 nitrogen and oxygen atoms in total. The van der Waals surface area contributed by atoms with Gasteiger partial charge in [-0.05, 0) is 64.3 Å². The Balaban J connectivity index is 2.07. The number of aliphatic hydroxyl groups is 1. The first-order chi connectivity index (χ1) is 9.47. The minimum atomic E-state index is -0.814. The van der Waals surface area contributed by atoms with Crippen LogP contribution in [0.2, 0.25) is 0 Å². The monoisotopic (exact) mass is 277 g/mol. The fourth-order valence-electron chi connectivity index (χ4n) is 2.87. The van der Waals surface area contributed by atoms with Crippen molar-refractivity contribution in [2.45, 2.75) is 64.2 Å². The molecule has 2 atom stereocenters. The number of benzene rings is 1. The van der Waals surface area contributed by atoms with Crippen molar-refractivity contribution in [3.63, 3.8) is 0 Å². The van der Waals surface area contributed by atoms with Crippen molar-refractivity contribution < 1.29 is 9.84 Å². The van der Waals surface area contributed by atoms with Gasteiger partial charge in [0.2, 0.25) is 0 Å². The second-order valence-corrected chi connectivity index (χ2v) is 6.32. The molecule has 1 fully saturated rings. The second kappa shape index (κ2) is 6.59. The van der Waals surface area contributed by atoms with Crippen molar-refractivity contribution in [2.24, 2.45) is 0 Å². The largest absolute Gasteiger partial charge is 0.491 e. The molecule has 3 heteroatoms. The predicted molar refractivity (Wildman–Crippen MR) is 82.0 cm³/mol. The molecule has 2 unspecified atom stereocenters. The molecule has 0 amide bonds. The van der Waals surface area contributed by atoms with Crippen LogP contribution in [0, 0.1) is 0 Å². The minimum absolute atomic E-state index is 0.148. The summed E-state index contributed by atoms with van der Waals surface area (Å²) in [5.74, 6) is 0.828. The zero-order valence-electron chi connectivity index (χ0n) is 12.9. The van der Waals surface area contributed by atoms with Crippen LogP contribution in [0.5, 0.6) is 5.75 Å². The number of hydrogen-bond donors (Lipinski definition) is 2. The van der Waals surface area contributed by atoms with Gasteiger partial charge in [-0.25, -0.2) is 0 Å². The van der Waals surface area contributed by atoms with Gasteiger partial charge in [0.25, 0.3) is 0 Å². The summed E-state index contributed by atoms with van der Waals surface area (Å²) in [6, 6.07) is 8.25. The fourth-order valence-corrected chi connectivity index (χ4v) is 2.87. The third kappa shape index (κ3) is 4.22. The van der Waals surface area contributed by atoms with E-state index in [9.17, 15) is 5.11 Å². The van der Waals surface area contributed by atoms with E-state index in [1.54, 1.807) is 0 Å². The standard InChI is InChI=1S/C17H27NO2/c1-13(2)20-16-9-6-7-14(11-16)17(3,19)12-15-8-4-5-10-18-15/h6-7,9,11,13,15,18-19H,4-5,8,10,12H2,1-3H3. The average Bonchev–Trinajstić information content (AvgIpc) is 2.39. The number of rotatable bonds is 5. The fraction of sp³-hybridized carbons (Fsp3) is 0.647. The van der Waals surface area contributed by atoms with Gasteiger partial charge in [0, 0.05) is 6.04 Å². The molecule has 0 aromatic heterocycles. The highest BCUT2D eigenvalue weighted by Crippen LogP contribution is 2.30. The Labute approximate surface area is 122 Å². The lowest BCUT2D eigenvalue weighted by Gasteiger charge is -2.32. The molecule has 1 heterocycles. The summed E-state index contributed by atoms with van der Waals surface area (Å²) in [7, 11) is 0. The molecule has 1 aromatic rings. The van der Waals surface area contributed by atoms with Crippen molar-refractivity contribution >= 4 is 0 Å². The summed E-state index contributed by atoms with van der Waals surface area (Å²) in [6.45, 7) is 6.99. The van der Waals surface area contributed by atoms with Crippen LogP contribution in [0.3, 0.4) is 0 Å². The van der Waals surface area contributed by atoms with E-state index in [0.29, 0.717) is 6.04 Å². The van der Waals surface area contributed by atoms with Crippen LogP contribution < -0.4 is 10.1 Å². The molecule has 112 valence electrons. The molecule has 0 aliphatic carbocycles. The van der Waals surface area contributed by atoms with Crippen molar-refractivity contribution in [1.29, 1.82) is 0 Å². The summed E-state index contributed by atoms with van der Waals surface area (Å²) in [6.07, 6.45) is 4.55. The highest BCUT2D eigenvalue weighted by Gasteiger charge is 2.28. The van der Waals surface area contributed by atoms with Gasteiger partial charge in [0.15, 0.2) is 0 Å². The van der Waals surface area contributed by atoms with Crippen LogP contribution in [-0.4, -0.2) is 23.8 Å². The van der Waals surface area contributed by atoms with Gasteiger partial charge in [-0.1, -0.05) is 18.6 Å². The predicted octanol–water partition coefficient (Wildman–Crippen LogP) is 3.21. The first kappa shape index (κ1) is 15.3. The van der Waals surface area contributed by atoms with E-state index < -0.39 is 5.60 Å². The second-order valence-electron chi connectivity index (χ2n) is 6.32. The van der Waals surface area contributed by atoms with Gasteiger partial charge in [0.05, 0.1) is 11.7 Å². The maximum atomic E-state index is 10.8. The molecule has 0 bridgehead atoms. The molecule has 1 aliphatic rings. The van der Waals surface area contributed by atoms with E-state index in [1.807, 2.05) is 45.0 Å². The summed E-state index contributed by atoms with van der Waals surface area (Å²) in [5.41, 5.74) is 0.119. The Morgan fingerprint density at radius 3 is 2.85 bits per heavy atom. The molecule has 1 saturated heterocycles. The molecule has 1 aliphatic heterocycles. The SMILES string of the molecule is CC(C)Oc1cccc(C(C)(O)CC2CCCCN2)c1. The Bertz CT molecular complexity index is 423. The van der Waals surface area contributed by atoms with Gasteiger partial charge in [-0.3, -0.25) is 0 Å². The highest BCUT2D eigenvalue weighted by molar-refractivity contribution is 5.32. The first-order valence-corrected chi connectivity index (χ1v) is 7.70. The van der Waals surface area contributed by atoms with Crippen LogP contribution in [0.1, 0.15) is 52.0 Å². The van der Waals surface area contributed by atoms with Crippen LogP contribution in [-0.2, 0) is 5.60 Å². The van der Waals surface area contributed by atoms with Crippen LogP contribution in [0.4, 0.5) is 0 Å². The van der Waals surface area contributed by atoms with E-state index in [1.165, 1.54) is 12.8 Å². The molecular weight excluding hydrogens is 250 g/mol. The van der Waals surface area contributed by atoms with E-state index in [-0.39, 0.29) is 6.10 Å². The minimum Gasteiger partial charge on any atom is -0.491 e. The smallest absolute Gasteiger partial charge is 0.120 e. The average molecular weight is 277 g/mol. The molecule has 0 radical (unpaired) electrons. The summed E-state index contributed by atoms with van der Waals surface area (Å²) in [4.78, 5) is 0. The normalized spacial score (nSPS) is 22.6. The molecule has 20 heavy (non-hydrogen) atoms. The van der Waals surface area contributed by atoms with E-state index in [2.05, 4.69) is 5.32 Å². The topological polar surface area (TPSA) is 41.5 Å². The van der Waals surface area contributed by atoms with Crippen LogP contribution in [0.15, 0.2) is 24.3 Å². The maximum Gasteiger partial charge on any atom is 0.120 e. The van der Waals surface area contributed by atoms with E-state index in [0.717, 1.165) is 30.7 Å². The lowest BCUT2D eigenvalue weighted by Crippen LogP contribution is -2.39. The van der Waals surface area contributed by atoms with Gasteiger partial charge in [-0.2, -0.15) is 0 Å². The van der Waals surface area contributed by atoms with Crippen molar-refractivity contribution in [3.8, 4) is 5.75 Å². The molecule has 1 aromatic carbocycles. The highest BCUT2D eigenvalue weighted by atomic mass is 16.5. The Hall–Kier alpha value is -1.06. The summed E-state index contributed by atoms with van der Waals surface area (Å²) in [5, 5.41) is 14.3. The Morgan fingerprint density at radius 2 is 2.20 bits per heavy atom. The third-order valence-corrected chi connectivity index (χ3v) is 3.88. The maximum absolute atomic E-state index is 10.8. The van der Waals surface area contributed by atoms with Crippen molar-refractivity contribution in [2.75, 3.05) is 6.54 Å². The quantitative estimate of drug-likeness (QED) is 0.868. The Morgan fingerprint density at radius 1 is 1.40 bits per heavy atom. The first-order valence-electron chi connectivity index (χ1n) is 7.70. The number of nitrogens with one attached hydrogen (secondary N) is 1. The lowest BCUT2D eigenvalue weighted by molar-refractivity contribution is 0.0329. The zero-order valence-corrected chi connectivity index (χ0v) is 12.9. The molecule has 0 saturated carbocycles. The number of piperidine rings is 1. The van der Waals surface area contributed by atoms with Crippen LogP contribution >= 0.6 is 0 Å². The zero-order chi connectivity index (χ0) is 14.6. The van der Waals surface area contributed by atoms with Gasteiger partial charge in [0.1, 0.15) is 5.75 Å². The summed E-state index contributed by atoms with van der Waals surface area (Å²) < 4.78 is 5.71. The van der Waals surface area contributed by atoms with E-state index >= 15 is 0 Å².